The zero-order valence-corrected chi connectivity index (χ0v) is 19.1. The normalized spacial score (nSPS) is 20.2. The van der Waals surface area contributed by atoms with E-state index < -0.39 is 18.2 Å². The largest absolute Gasteiger partial charge is 0.391 e. The van der Waals surface area contributed by atoms with Crippen LogP contribution in [0.3, 0.4) is 0 Å². The van der Waals surface area contributed by atoms with Crippen molar-refractivity contribution in [3.05, 3.63) is 46.5 Å². The number of amides is 1. The SMILES string of the molecule is CNc1cc(Nc2cccn(C3CCCCC3O)c2=O)nc2c(C(N)=O)cnn12.FC1CCC1. The second-order valence-electron chi connectivity index (χ2n) is 8.64. The lowest BCUT2D eigenvalue weighted by atomic mass is 9.92. The summed E-state index contributed by atoms with van der Waals surface area (Å²) in [5.41, 5.74) is 5.95. The Hall–Kier alpha value is -3.47. The summed E-state index contributed by atoms with van der Waals surface area (Å²) in [7, 11) is 1.71. The lowest BCUT2D eigenvalue weighted by Crippen LogP contribution is -2.34. The average Bonchev–Trinajstić information content (AvgIpc) is 3.24. The van der Waals surface area contributed by atoms with E-state index in [9.17, 15) is 19.1 Å². The van der Waals surface area contributed by atoms with E-state index in [1.165, 1.54) is 10.7 Å². The molecule has 2 aliphatic carbocycles. The Morgan fingerprint density at radius 1 is 1.24 bits per heavy atom. The van der Waals surface area contributed by atoms with Crippen LogP contribution in [-0.4, -0.2) is 49.5 Å². The first-order valence-corrected chi connectivity index (χ1v) is 11.6. The van der Waals surface area contributed by atoms with E-state index >= 15 is 0 Å². The summed E-state index contributed by atoms with van der Waals surface area (Å²) in [6, 6.07) is 4.86. The van der Waals surface area contributed by atoms with Gasteiger partial charge in [0.25, 0.3) is 11.5 Å². The van der Waals surface area contributed by atoms with Gasteiger partial charge in [-0.15, -0.1) is 0 Å². The number of primary amides is 1. The summed E-state index contributed by atoms with van der Waals surface area (Å²) in [5, 5.41) is 20.5. The van der Waals surface area contributed by atoms with Gasteiger partial charge in [-0.25, -0.2) is 9.37 Å². The zero-order valence-electron chi connectivity index (χ0n) is 19.1. The van der Waals surface area contributed by atoms with Crippen molar-refractivity contribution in [3.63, 3.8) is 0 Å². The molecule has 2 atom stereocenters. The number of carbonyl (C=O) groups excluding carboxylic acids is 1. The van der Waals surface area contributed by atoms with Crippen LogP contribution < -0.4 is 21.9 Å². The summed E-state index contributed by atoms with van der Waals surface area (Å²) < 4.78 is 14.6. The van der Waals surface area contributed by atoms with Gasteiger partial charge in [-0.3, -0.25) is 9.59 Å². The van der Waals surface area contributed by atoms with Crippen molar-refractivity contribution in [1.82, 2.24) is 19.2 Å². The summed E-state index contributed by atoms with van der Waals surface area (Å²) in [4.78, 5) is 29.1. The zero-order chi connectivity index (χ0) is 24.2. The van der Waals surface area contributed by atoms with Crippen LogP contribution in [0.25, 0.3) is 5.65 Å². The number of halogens is 1. The molecule has 5 rings (SSSR count). The Morgan fingerprint density at radius 2 is 1.97 bits per heavy atom. The number of pyridine rings is 1. The molecule has 0 radical (unpaired) electrons. The van der Waals surface area contributed by atoms with Crippen LogP contribution >= 0.6 is 0 Å². The molecule has 0 aliphatic heterocycles. The molecule has 0 bridgehead atoms. The van der Waals surface area contributed by atoms with Crippen LogP contribution in [-0.2, 0) is 0 Å². The van der Waals surface area contributed by atoms with Gasteiger partial charge in [-0.2, -0.15) is 9.61 Å². The number of anilines is 3. The molecule has 3 aromatic heterocycles. The molecule has 0 spiro atoms. The van der Waals surface area contributed by atoms with Crippen molar-refractivity contribution in [2.45, 2.75) is 63.3 Å². The number of aliphatic hydroxyl groups excluding tert-OH is 1. The molecule has 182 valence electrons. The molecule has 0 aromatic carbocycles. The molecule has 0 saturated heterocycles. The Kier molecular flexibility index (Phi) is 7.11. The van der Waals surface area contributed by atoms with Crippen molar-refractivity contribution in [3.8, 4) is 0 Å². The summed E-state index contributed by atoms with van der Waals surface area (Å²) in [5.74, 6) is 0.299. The van der Waals surface area contributed by atoms with Crippen molar-refractivity contribution in [2.75, 3.05) is 17.7 Å². The third kappa shape index (κ3) is 4.89. The van der Waals surface area contributed by atoms with Gasteiger partial charge in [-0.05, 0) is 44.2 Å². The topological polar surface area (TPSA) is 140 Å². The first kappa shape index (κ1) is 23.7. The number of fused-ring (bicyclic) bond motifs is 1. The minimum atomic E-state index is -0.639. The fourth-order valence-corrected chi connectivity index (χ4v) is 4.16. The Labute approximate surface area is 196 Å². The minimum Gasteiger partial charge on any atom is -0.391 e. The Bertz CT molecular complexity index is 1220. The molecule has 11 heteroatoms. The summed E-state index contributed by atoms with van der Waals surface area (Å²) in [6.45, 7) is 0. The van der Waals surface area contributed by atoms with Crippen LogP contribution in [0.1, 0.15) is 61.3 Å². The van der Waals surface area contributed by atoms with Gasteiger partial charge < -0.3 is 26.0 Å². The molecule has 2 saturated carbocycles. The molecule has 3 aromatic rings. The second-order valence-corrected chi connectivity index (χ2v) is 8.64. The van der Waals surface area contributed by atoms with E-state index in [0.29, 0.717) is 23.7 Å². The van der Waals surface area contributed by atoms with Crippen LogP contribution in [0.2, 0.25) is 0 Å². The molecule has 2 unspecified atom stereocenters. The quantitative estimate of drug-likeness (QED) is 0.449. The molecule has 10 nitrogen and oxygen atoms in total. The highest BCUT2D eigenvalue weighted by Crippen LogP contribution is 2.28. The van der Waals surface area contributed by atoms with Crippen LogP contribution in [0.4, 0.5) is 21.7 Å². The van der Waals surface area contributed by atoms with E-state index in [1.807, 2.05) is 0 Å². The van der Waals surface area contributed by atoms with Gasteiger partial charge >= 0.3 is 0 Å². The number of hydrogen-bond donors (Lipinski definition) is 4. The standard InChI is InChI=1S/C19H23N7O3.C4H7F/c1-21-16-9-15(24-18-11(17(20)28)10-22-26(16)18)23-12-5-4-8-25(19(12)29)13-6-2-3-7-14(13)27;5-4-2-1-3-4/h4-5,8-10,13-14,21,27H,2-3,6-7H2,1H3,(H2,20,28)(H,23,24);4H,1-3H2. The predicted molar refractivity (Wildman–Crippen MR) is 127 cm³/mol. The average molecular weight is 472 g/mol. The van der Waals surface area contributed by atoms with Gasteiger partial charge in [0.15, 0.2) is 5.65 Å². The van der Waals surface area contributed by atoms with E-state index in [-0.39, 0.29) is 22.8 Å². The fourth-order valence-electron chi connectivity index (χ4n) is 4.16. The lowest BCUT2D eigenvalue weighted by molar-refractivity contribution is 0.0739. The smallest absolute Gasteiger partial charge is 0.274 e. The first-order valence-electron chi connectivity index (χ1n) is 11.6. The molecule has 2 fully saturated rings. The van der Waals surface area contributed by atoms with E-state index in [1.54, 1.807) is 36.0 Å². The summed E-state index contributed by atoms with van der Waals surface area (Å²) >= 11 is 0. The number of nitrogens with two attached hydrogens (primary N) is 1. The molecular weight excluding hydrogens is 441 g/mol. The van der Waals surface area contributed by atoms with Crippen LogP contribution in [0, 0.1) is 0 Å². The highest BCUT2D eigenvalue weighted by atomic mass is 19.1. The number of aromatic nitrogens is 4. The van der Waals surface area contributed by atoms with E-state index in [2.05, 4.69) is 20.7 Å². The highest BCUT2D eigenvalue weighted by Gasteiger charge is 2.26. The van der Waals surface area contributed by atoms with Gasteiger partial charge in [0.1, 0.15) is 29.1 Å². The number of aliphatic hydroxyl groups is 1. The van der Waals surface area contributed by atoms with Gasteiger partial charge in [-0.1, -0.05) is 12.8 Å². The maximum absolute atomic E-state index is 13.0. The Balaban J connectivity index is 0.000000486. The van der Waals surface area contributed by atoms with Gasteiger partial charge in [0, 0.05) is 19.3 Å². The first-order chi connectivity index (χ1) is 16.4. The van der Waals surface area contributed by atoms with E-state index in [0.717, 1.165) is 38.5 Å². The number of nitrogens with one attached hydrogen (secondary N) is 2. The summed E-state index contributed by atoms with van der Waals surface area (Å²) in [6.07, 6.45) is 8.23. The number of carbonyl (C=O) groups is 1. The van der Waals surface area contributed by atoms with Crippen molar-refractivity contribution in [2.24, 2.45) is 5.73 Å². The Morgan fingerprint density at radius 3 is 2.59 bits per heavy atom. The van der Waals surface area contributed by atoms with Crippen molar-refractivity contribution < 1.29 is 14.3 Å². The van der Waals surface area contributed by atoms with Gasteiger partial charge in [0.05, 0.1) is 18.3 Å². The van der Waals surface area contributed by atoms with Gasteiger partial charge in [0.2, 0.25) is 0 Å². The fraction of sp³-hybridized carbons (Fsp3) is 0.478. The second kappa shape index (κ2) is 10.2. The monoisotopic (exact) mass is 471 g/mol. The van der Waals surface area contributed by atoms with Crippen LogP contribution in [0.5, 0.6) is 0 Å². The number of alkyl halides is 1. The molecular formula is C23H30FN7O3. The highest BCUT2D eigenvalue weighted by molar-refractivity contribution is 5.98. The van der Waals surface area contributed by atoms with Crippen molar-refractivity contribution >= 4 is 28.9 Å². The van der Waals surface area contributed by atoms with Crippen molar-refractivity contribution in [1.29, 1.82) is 0 Å². The number of nitrogens with zero attached hydrogens (tertiary/aromatic N) is 4. The predicted octanol–water partition coefficient (Wildman–Crippen LogP) is 2.76. The third-order valence-corrected chi connectivity index (χ3v) is 6.32. The number of rotatable bonds is 5. The van der Waals surface area contributed by atoms with E-state index in [4.69, 9.17) is 5.73 Å². The molecule has 2 aliphatic rings. The molecule has 5 N–H and O–H groups in total. The third-order valence-electron chi connectivity index (χ3n) is 6.32. The van der Waals surface area contributed by atoms with Crippen LogP contribution in [0.15, 0.2) is 35.4 Å². The molecule has 34 heavy (non-hydrogen) atoms. The maximum atomic E-state index is 13.0. The number of hydrogen-bond acceptors (Lipinski definition) is 7. The minimum absolute atomic E-state index is 0.181. The maximum Gasteiger partial charge on any atom is 0.274 e. The lowest BCUT2D eigenvalue weighted by Gasteiger charge is -2.29. The molecule has 3 heterocycles. The molecule has 1 amide bonds.